The van der Waals surface area contributed by atoms with Gasteiger partial charge in [-0.05, 0) is 81.7 Å². The summed E-state index contributed by atoms with van der Waals surface area (Å²) in [4.78, 5) is 35.3. The van der Waals surface area contributed by atoms with E-state index in [1.54, 1.807) is 25.1 Å². The third-order valence-corrected chi connectivity index (χ3v) is 6.68. The van der Waals surface area contributed by atoms with Crippen LogP contribution < -0.4 is 15.8 Å². The number of hydrogen-bond acceptors (Lipinski definition) is 9. The van der Waals surface area contributed by atoms with Gasteiger partial charge < -0.3 is 30.5 Å². The number of amides is 1. The maximum absolute atomic E-state index is 13.6. The molecule has 1 aliphatic carbocycles. The molecule has 4 rings (SSSR count). The summed E-state index contributed by atoms with van der Waals surface area (Å²) in [5, 5.41) is 16.3. The first-order valence-corrected chi connectivity index (χ1v) is 12.6. The van der Waals surface area contributed by atoms with Crippen molar-refractivity contribution in [3.63, 3.8) is 0 Å². The van der Waals surface area contributed by atoms with E-state index in [-0.39, 0.29) is 36.6 Å². The highest BCUT2D eigenvalue weighted by atomic mass is 19.1. The smallest absolute Gasteiger partial charge is 0.270 e. The van der Waals surface area contributed by atoms with Crippen LogP contribution in [0.15, 0.2) is 29.4 Å². The summed E-state index contributed by atoms with van der Waals surface area (Å²) in [6, 6.07) is 6.09. The number of aromatic nitrogens is 2. The van der Waals surface area contributed by atoms with Crippen LogP contribution in [-0.4, -0.2) is 60.4 Å². The van der Waals surface area contributed by atoms with Gasteiger partial charge in [0.1, 0.15) is 30.1 Å². The number of carbonyl (C=O) groups is 2. The molecule has 1 aromatic carbocycles. The predicted molar refractivity (Wildman–Crippen MR) is 141 cm³/mol. The van der Waals surface area contributed by atoms with Crippen molar-refractivity contribution in [3.8, 4) is 5.75 Å². The van der Waals surface area contributed by atoms with Crippen molar-refractivity contribution in [2.75, 3.05) is 20.8 Å². The zero-order chi connectivity index (χ0) is 28.1. The summed E-state index contributed by atoms with van der Waals surface area (Å²) in [7, 11) is 2.90. The fourth-order valence-electron chi connectivity index (χ4n) is 4.75. The molecule has 0 bridgehead atoms. The van der Waals surface area contributed by atoms with E-state index in [1.165, 1.54) is 20.2 Å². The average Bonchev–Trinajstić information content (AvgIpc) is 3.45. The predicted octanol–water partition coefficient (Wildman–Crippen LogP) is 2.93. The Labute approximate surface area is 222 Å². The SMILES string of the molecule is C=O.CN.COc1cc(CNC(=O)c2cc(C3=NOC(C4CCC(CCO)CC4)C3)nc(C)n2)ccc1F. The second kappa shape index (κ2) is 15.7. The first-order chi connectivity index (χ1) is 18.5. The molecule has 1 fully saturated rings. The number of aliphatic hydroxyl groups excluding tert-OH is 1. The van der Waals surface area contributed by atoms with Crippen LogP contribution in [0.2, 0.25) is 0 Å². The van der Waals surface area contributed by atoms with Crippen molar-refractivity contribution in [2.45, 2.75) is 58.1 Å². The zero-order valence-corrected chi connectivity index (χ0v) is 22.3. The van der Waals surface area contributed by atoms with E-state index in [9.17, 15) is 9.18 Å². The van der Waals surface area contributed by atoms with Gasteiger partial charge in [0, 0.05) is 19.6 Å². The monoisotopic (exact) mass is 531 g/mol. The van der Waals surface area contributed by atoms with Gasteiger partial charge in [-0.15, -0.1) is 0 Å². The van der Waals surface area contributed by atoms with Gasteiger partial charge >= 0.3 is 0 Å². The lowest BCUT2D eigenvalue weighted by atomic mass is 9.77. The molecule has 2 aliphatic rings. The first kappa shape index (κ1) is 30.8. The number of nitrogens with one attached hydrogen (secondary N) is 1. The maximum atomic E-state index is 13.6. The lowest BCUT2D eigenvalue weighted by Gasteiger charge is -2.30. The summed E-state index contributed by atoms with van der Waals surface area (Å²) in [5.41, 5.74) is 6.78. The van der Waals surface area contributed by atoms with Crippen LogP contribution in [-0.2, 0) is 16.2 Å². The molecular formula is C27H38FN5O5. The number of aryl methyl sites for hydroxylation is 1. The molecule has 1 amide bonds. The largest absolute Gasteiger partial charge is 0.494 e. The molecule has 1 saturated carbocycles. The summed E-state index contributed by atoms with van der Waals surface area (Å²) >= 11 is 0. The first-order valence-electron chi connectivity index (χ1n) is 12.6. The topological polar surface area (TPSA) is 149 Å². The van der Waals surface area contributed by atoms with Gasteiger partial charge in [-0.3, -0.25) is 4.79 Å². The van der Waals surface area contributed by atoms with Crippen molar-refractivity contribution in [1.29, 1.82) is 0 Å². The number of nitrogens with two attached hydrogens (primary N) is 1. The summed E-state index contributed by atoms with van der Waals surface area (Å²) in [5.74, 6) is 0.835. The van der Waals surface area contributed by atoms with Gasteiger partial charge in [-0.2, -0.15) is 0 Å². The fourth-order valence-corrected chi connectivity index (χ4v) is 4.75. The summed E-state index contributed by atoms with van der Waals surface area (Å²) in [6.45, 7) is 4.20. The van der Waals surface area contributed by atoms with Gasteiger partial charge in [0.15, 0.2) is 11.6 Å². The van der Waals surface area contributed by atoms with E-state index in [4.69, 9.17) is 19.5 Å². The fraction of sp³-hybridized carbons (Fsp3) is 0.519. The van der Waals surface area contributed by atoms with E-state index in [0.717, 1.165) is 37.8 Å². The molecule has 2 heterocycles. The Morgan fingerprint density at radius 3 is 2.58 bits per heavy atom. The minimum absolute atomic E-state index is 0.0195. The molecular weight excluding hydrogens is 493 g/mol. The highest BCUT2D eigenvalue weighted by Crippen LogP contribution is 2.36. The minimum atomic E-state index is -0.454. The molecule has 0 saturated heterocycles. The normalized spacial score (nSPS) is 20.1. The Hall–Kier alpha value is -3.44. The van der Waals surface area contributed by atoms with Crippen molar-refractivity contribution in [1.82, 2.24) is 15.3 Å². The molecule has 1 unspecified atom stereocenters. The van der Waals surface area contributed by atoms with Crippen molar-refractivity contribution < 1.29 is 28.7 Å². The van der Waals surface area contributed by atoms with Crippen LogP contribution in [0.5, 0.6) is 5.75 Å². The van der Waals surface area contributed by atoms with E-state index in [2.05, 4.69) is 26.2 Å². The van der Waals surface area contributed by atoms with Crippen LogP contribution in [0.4, 0.5) is 4.39 Å². The zero-order valence-electron chi connectivity index (χ0n) is 22.3. The van der Waals surface area contributed by atoms with Gasteiger partial charge in [0.05, 0.1) is 12.8 Å². The lowest BCUT2D eigenvalue weighted by molar-refractivity contribution is -0.0980. The Kier molecular flexibility index (Phi) is 12.7. The quantitative estimate of drug-likeness (QED) is 0.471. The number of halogens is 1. The standard InChI is InChI=1S/C25H31FN4O4.CH5N.CH2O/c1-15-28-20(21-13-23(34-30-21)18-6-3-16(4-7-18)9-10-31)12-22(29-15)25(32)27-14-17-5-8-19(26)24(11-17)33-2;2*1-2/h5,8,11-12,16,18,23,31H,3-4,6-7,9-10,13-14H2,1-2H3,(H,27,32);2H2,1H3;1H2. The number of nitrogens with zero attached hydrogens (tertiary/aromatic N) is 3. The van der Waals surface area contributed by atoms with Crippen molar-refractivity contribution >= 4 is 18.4 Å². The van der Waals surface area contributed by atoms with Crippen LogP contribution in [0.3, 0.4) is 0 Å². The second-order valence-corrected chi connectivity index (χ2v) is 9.02. The van der Waals surface area contributed by atoms with E-state index < -0.39 is 5.82 Å². The molecule has 2 aromatic rings. The van der Waals surface area contributed by atoms with Crippen LogP contribution in [0.1, 0.15) is 66.1 Å². The number of carbonyl (C=O) groups excluding carboxylic acids is 2. The average molecular weight is 532 g/mol. The molecule has 11 heteroatoms. The molecule has 38 heavy (non-hydrogen) atoms. The molecule has 1 aliphatic heterocycles. The Bertz CT molecular complexity index is 1080. The van der Waals surface area contributed by atoms with Crippen LogP contribution in [0.25, 0.3) is 0 Å². The van der Waals surface area contributed by atoms with Crippen LogP contribution >= 0.6 is 0 Å². The number of aliphatic hydroxyl groups is 1. The molecule has 208 valence electrons. The molecule has 1 atom stereocenters. The van der Waals surface area contributed by atoms with Gasteiger partial charge in [0.2, 0.25) is 0 Å². The number of methoxy groups -OCH3 is 1. The molecule has 0 radical (unpaired) electrons. The van der Waals surface area contributed by atoms with Crippen molar-refractivity contribution in [3.05, 3.63) is 52.9 Å². The molecule has 4 N–H and O–H groups in total. The van der Waals surface area contributed by atoms with Gasteiger partial charge in [-0.1, -0.05) is 11.2 Å². The third kappa shape index (κ3) is 8.29. The Balaban J connectivity index is 0.00000121. The summed E-state index contributed by atoms with van der Waals surface area (Å²) in [6.07, 6.45) is 5.91. The number of benzene rings is 1. The number of hydrogen-bond donors (Lipinski definition) is 3. The number of rotatable bonds is 8. The molecule has 10 nitrogen and oxygen atoms in total. The highest BCUT2D eigenvalue weighted by molar-refractivity contribution is 6.01. The van der Waals surface area contributed by atoms with Crippen molar-refractivity contribution in [2.24, 2.45) is 22.7 Å². The number of ether oxygens (including phenoxy) is 1. The molecule has 0 spiro atoms. The highest BCUT2D eigenvalue weighted by Gasteiger charge is 2.34. The van der Waals surface area contributed by atoms with E-state index >= 15 is 0 Å². The third-order valence-electron chi connectivity index (χ3n) is 6.68. The minimum Gasteiger partial charge on any atom is -0.494 e. The number of oxime groups is 1. The summed E-state index contributed by atoms with van der Waals surface area (Å²) < 4.78 is 18.6. The molecule has 1 aromatic heterocycles. The second-order valence-electron chi connectivity index (χ2n) is 9.02. The Morgan fingerprint density at radius 2 is 1.92 bits per heavy atom. The lowest BCUT2D eigenvalue weighted by Crippen LogP contribution is -2.27. The maximum Gasteiger partial charge on any atom is 0.270 e. The van der Waals surface area contributed by atoms with Gasteiger partial charge in [0.25, 0.3) is 5.91 Å². The van der Waals surface area contributed by atoms with Gasteiger partial charge in [-0.25, -0.2) is 14.4 Å². The Morgan fingerprint density at radius 1 is 1.21 bits per heavy atom. The van der Waals surface area contributed by atoms with Crippen LogP contribution in [0, 0.1) is 24.6 Å². The van der Waals surface area contributed by atoms with E-state index in [0.29, 0.717) is 35.3 Å². The van der Waals surface area contributed by atoms with E-state index in [1.807, 2.05) is 6.79 Å².